The number of imidazole rings is 1. The zero-order valence-electron chi connectivity index (χ0n) is 15.9. The summed E-state index contributed by atoms with van der Waals surface area (Å²) in [4.78, 5) is 16.3. The van der Waals surface area contributed by atoms with E-state index in [0.29, 0.717) is 5.75 Å². The third kappa shape index (κ3) is 4.86. The number of nitrogens with zero attached hydrogens (tertiary/aromatic N) is 2. The highest BCUT2D eigenvalue weighted by Crippen LogP contribution is 2.25. The quantitative estimate of drug-likeness (QED) is 0.621. The number of aryl methyl sites for hydroxylation is 1. The summed E-state index contributed by atoms with van der Waals surface area (Å²) in [5.74, 6) is 0.405. The number of nitrogens with one attached hydrogen (secondary N) is 1. The lowest BCUT2D eigenvalue weighted by atomic mass is 10.1. The Bertz CT molecular complexity index is 964. The zero-order chi connectivity index (χ0) is 19.9. The Balaban J connectivity index is 1.62. The number of carbonyl (C=O) groups excluding carboxylic acids is 1. The second-order valence-corrected chi connectivity index (χ2v) is 6.36. The summed E-state index contributed by atoms with van der Waals surface area (Å²) in [7, 11) is 1.60. The van der Waals surface area contributed by atoms with Crippen molar-refractivity contribution in [3.63, 3.8) is 0 Å². The number of aromatic nitrogens is 2. The smallest absolute Gasteiger partial charge is 0.244 e. The fourth-order valence-electron chi connectivity index (χ4n) is 2.79. The number of carbonyl (C=O) groups is 1. The van der Waals surface area contributed by atoms with Gasteiger partial charge in [-0.05, 0) is 36.3 Å². The summed E-state index contributed by atoms with van der Waals surface area (Å²) in [5, 5.41) is 12.8. The Kier molecular flexibility index (Phi) is 6.24. The van der Waals surface area contributed by atoms with Gasteiger partial charge in [-0.3, -0.25) is 4.79 Å². The molecule has 0 saturated heterocycles. The van der Waals surface area contributed by atoms with Gasteiger partial charge in [-0.15, -0.1) is 0 Å². The monoisotopic (exact) mass is 377 g/mol. The summed E-state index contributed by atoms with van der Waals surface area (Å²) in [6, 6.07) is 14.9. The van der Waals surface area contributed by atoms with Crippen molar-refractivity contribution in [1.29, 1.82) is 0 Å². The number of amides is 1. The molecule has 0 aliphatic rings. The normalized spacial score (nSPS) is 12.1. The van der Waals surface area contributed by atoms with Crippen LogP contribution in [0.4, 0.5) is 0 Å². The highest BCUT2D eigenvalue weighted by molar-refractivity contribution is 5.91. The molecule has 0 bridgehead atoms. The second-order valence-electron chi connectivity index (χ2n) is 6.36. The summed E-state index contributed by atoms with van der Waals surface area (Å²) < 4.78 is 7.36. The van der Waals surface area contributed by atoms with E-state index in [1.807, 2.05) is 66.2 Å². The van der Waals surface area contributed by atoms with E-state index < -0.39 is 6.10 Å². The third-order valence-electron chi connectivity index (χ3n) is 4.27. The largest absolute Gasteiger partial charge is 0.495 e. The van der Waals surface area contributed by atoms with E-state index >= 15 is 0 Å². The highest BCUT2D eigenvalue weighted by Gasteiger charge is 2.08. The van der Waals surface area contributed by atoms with E-state index in [1.165, 1.54) is 6.08 Å². The molecule has 1 atom stereocenters. The van der Waals surface area contributed by atoms with Crippen molar-refractivity contribution in [2.45, 2.75) is 13.0 Å². The number of rotatable bonds is 7. The Morgan fingerprint density at radius 3 is 2.75 bits per heavy atom. The molecule has 3 aromatic rings. The maximum atomic E-state index is 12.0. The predicted octanol–water partition coefficient (Wildman–Crippen LogP) is 3.05. The molecule has 28 heavy (non-hydrogen) atoms. The molecule has 6 nitrogen and oxygen atoms in total. The number of aliphatic hydroxyl groups excluding tert-OH is 1. The van der Waals surface area contributed by atoms with Crippen LogP contribution in [0.5, 0.6) is 5.75 Å². The fraction of sp³-hybridized carbons (Fsp3) is 0.182. The van der Waals surface area contributed by atoms with Gasteiger partial charge < -0.3 is 19.7 Å². The van der Waals surface area contributed by atoms with Crippen molar-refractivity contribution in [1.82, 2.24) is 14.9 Å². The van der Waals surface area contributed by atoms with Gasteiger partial charge in [0.05, 0.1) is 30.9 Å². The minimum Gasteiger partial charge on any atom is -0.495 e. The van der Waals surface area contributed by atoms with Crippen molar-refractivity contribution in [3.8, 4) is 11.4 Å². The number of aliphatic hydroxyl groups is 1. The SMILES string of the molecule is COc1cc(C=CC(=O)NC[C@@H](O)c2ccccc2)ccc1-n1cnc(C)c1. The summed E-state index contributed by atoms with van der Waals surface area (Å²) in [5.41, 5.74) is 3.38. The van der Waals surface area contributed by atoms with Crippen LogP contribution in [0.15, 0.2) is 67.1 Å². The molecule has 1 aromatic heterocycles. The van der Waals surface area contributed by atoms with Crippen LogP contribution in [0.2, 0.25) is 0 Å². The van der Waals surface area contributed by atoms with Crippen LogP contribution < -0.4 is 10.1 Å². The van der Waals surface area contributed by atoms with Gasteiger partial charge in [0.2, 0.25) is 5.91 Å². The molecule has 1 amide bonds. The molecule has 1 heterocycles. The summed E-state index contributed by atoms with van der Waals surface area (Å²) in [6.07, 6.45) is 6.05. The first kappa shape index (κ1) is 19.4. The van der Waals surface area contributed by atoms with Crippen molar-refractivity contribution in [2.24, 2.45) is 0 Å². The topological polar surface area (TPSA) is 76.4 Å². The van der Waals surface area contributed by atoms with Gasteiger partial charge >= 0.3 is 0 Å². The Hall–Kier alpha value is -3.38. The van der Waals surface area contributed by atoms with Crippen LogP contribution in [0.1, 0.15) is 22.9 Å². The summed E-state index contributed by atoms with van der Waals surface area (Å²) >= 11 is 0. The molecule has 0 fully saturated rings. The lowest BCUT2D eigenvalue weighted by Crippen LogP contribution is -2.26. The molecule has 0 aliphatic heterocycles. The van der Waals surface area contributed by atoms with Crippen LogP contribution in [0, 0.1) is 6.92 Å². The first-order valence-corrected chi connectivity index (χ1v) is 8.95. The van der Waals surface area contributed by atoms with Crippen molar-refractivity contribution in [3.05, 3.63) is 84.0 Å². The van der Waals surface area contributed by atoms with E-state index in [9.17, 15) is 9.90 Å². The molecular weight excluding hydrogens is 354 g/mol. The minimum absolute atomic E-state index is 0.148. The average molecular weight is 377 g/mol. The molecule has 0 unspecified atom stereocenters. The first-order valence-electron chi connectivity index (χ1n) is 8.95. The molecule has 0 aliphatic carbocycles. The van der Waals surface area contributed by atoms with Crippen LogP contribution >= 0.6 is 0 Å². The van der Waals surface area contributed by atoms with Gasteiger partial charge in [0, 0.05) is 18.8 Å². The number of hydrogen-bond donors (Lipinski definition) is 2. The number of ether oxygens (including phenoxy) is 1. The third-order valence-corrected chi connectivity index (χ3v) is 4.27. The van der Waals surface area contributed by atoms with Crippen LogP contribution in [-0.2, 0) is 4.79 Å². The van der Waals surface area contributed by atoms with Crippen LogP contribution in [0.25, 0.3) is 11.8 Å². The zero-order valence-corrected chi connectivity index (χ0v) is 15.9. The van der Waals surface area contributed by atoms with Gasteiger partial charge in [-0.2, -0.15) is 0 Å². The lowest BCUT2D eigenvalue weighted by Gasteiger charge is -2.11. The molecule has 6 heteroatoms. The van der Waals surface area contributed by atoms with Crippen molar-refractivity contribution < 1.29 is 14.6 Å². The first-order chi connectivity index (χ1) is 13.6. The van der Waals surface area contributed by atoms with E-state index in [4.69, 9.17) is 4.74 Å². The molecule has 3 rings (SSSR count). The number of methoxy groups -OCH3 is 1. The molecule has 144 valence electrons. The molecule has 0 radical (unpaired) electrons. The Labute approximate surface area is 164 Å². The predicted molar refractivity (Wildman–Crippen MR) is 108 cm³/mol. The van der Waals surface area contributed by atoms with E-state index in [2.05, 4.69) is 10.3 Å². The van der Waals surface area contributed by atoms with Gasteiger partial charge in [-0.25, -0.2) is 4.98 Å². The van der Waals surface area contributed by atoms with Crippen molar-refractivity contribution in [2.75, 3.05) is 13.7 Å². The Morgan fingerprint density at radius 2 is 2.07 bits per heavy atom. The van der Waals surface area contributed by atoms with E-state index in [1.54, 1.807) is 19.5 Å². The molecule has 0 spiro atoms. The van der Waals surface area contributed by atoms with Gasteiger partial charge in [0.15, 0.2) is 0 Å². The van der Waals surface area contributed by atoms with Gasteiger partial charge in [0.25, 0.3) is 0 Å². The standard InChI is InChI=1S/C22H23N3O3/c1-16-14-25(15-24-16)19-10-8-17(12-21(19)28-2)9-11-22(27)23-13-20(26)18-6-4-3-5-7-18/h3-12,14-15,20,26H,13H2,1-2H3,(H,23,27)/t20-/m1/s1. The lowest BCUT2D eigenvalue weighted by molar-refractivity contribution is -0.116. The number of benzene rings is 2. The van der Waals surface area contributed by atoms with Gasteiger partial charge in [0.1, 0.15) is 5.75 Å². The van der Waals surface area contributed by atoms with Crippen LogP contribution in [-0.4, -0.2) is 34.2 Å². The maximum absolute atomic E-state index is 12.0. The fourth-order valence-corrected chi connectivity index (χ4v) is 2.79. The van der Waals surface area contributed by atoms with E-state index in [-0.39, 0.29) is 12.5 Å². The van der Waals surface area contributed by atoms with E-state index in [0.717, 1.165) is 22.5 Å². The maximum Gasteiger partial charge on any atom is 0.244 e. The second kappa shape index (κ2) is 9.01. The number of hydrogen-bond acceptors (Lipinski definition) is 4. The average Bonchev–Trinajstić information content (AvgIpc) is 3.16. The molecule has 2 N–H and O–H groups in total. The molecule has 2 aromatic carbocycles. The summed E-state index contributed by atoms with van der Waals surface area (Å²) in [6.45, 7) is 2.07. The van der Waals surface area contributed by atoms with Gasteiger partial charge in [-0.1, -0.05) is 36.4 Å². The Morgan fingerprint density at radius 1 is 1.29 bits per heavy atom. The molecular formula is C22H23N3O3. The minimum atomic E-state index is -0.739. The molecule has 0 saturated carbocycles. The highest BCUT2D eigenvalue weighted by atomic mass is 16.5. The van der Waals surface area contributed by atoms with Crippen LogP contribution in [0.3, 0.4) is 0 Å². The van der Waals surface area contributed by atoms with Crippen molar-refractivity contribution >= 4 is 12.0 Å².